The van der Waals surface area contributed by atoms with Gasteiger partial charge in [0.25, 0.3) is 5.56 Å². The molecule has 10 heteroatoms. The van der Waals surface area contributed by atoms with Crippen LogP contribution in [0.4, 0.5) is 5.82 Å². The quantitative estimate of drug-likeness (QED) is 0.491. The summed E-state index contributed by atoms with van der Waals surface area (Å²) < 4.78 is 16.2. The van der Waals surface area contributed by atoms with Crippen LogP contribution in [0.5, 0.6) is 11.5 Å². The standard InChI is InChI=1S/C18H21N3O7/c1-4-7-21-15(19)14(16(23)20-18(21)25)12(22)9-28-17(24)11-8-10(26-2)5-6-13(11)27-3/h5-6,8H,4,7,9,19H2,1-3H3,(H,20,23,25). The fraction of sp³-hybridized carbons (Fsp3) is 0.333. The van der Waals surface area contributed by atoms with E-state index >= 15 is 0 Å². The molecule has 0 saturated carbocycles. The Morgan fingerprint density at radius 3 is 2.50 bits per heavy atom. The molecule has 0 spiro atoms. The van der Waals surface area contributed by atoms with Gasteiger partial charge in [0.05, 0.1) is 14.2 Å². The van der Waals surface area contributed by atoms with Gasteiger partial charge in [-0.15, -0.1) is 0 Å². The number of aromatic nitrogens is 2. The van der Waals surface area contributed by atoms with Gasteiger partial charge < -0.3 is 19.9 Å². The van der Waals surface area contributed by atoms with Gasteiger partial charge in [0.2, 0.25) is 5.78 Å². The highest BCUT2D eigenvalue weighted by Crippen LogP contribution is 2.24. The molecule has 1 aromatic heterocycles. The number of ketones is 1. The number of Topliss-reactive ketones (excluding diaryl/α,β-unsaturated/α-hetero) is 1. The molecule has 0 saturated heterocycles. The number of ether oxygens (including phenoxy) is 3. The molecule has 2 rings (SSSR count). The van der Waals surface area contributed by atoms with E-state index < -0.39 is 35.2 Å². The number of nitrogens with two attached hydrogens (primary N) is 1. The number of nitrogens with zero attached hydrogens (tertiary/aromatic N) is 1. The summed E-state index contributed by atoms with van der Waals surface area (Å²) in [6.07, 6.45) is 0.564. The highest BCUT2D eigenvalue weighted by Gasteiger charge is 2.22. The van der Waals surface area contributed by atoms with Crippen LogP contribution in [0.25, 0.3) is 0 Å². The normalized spacial score (nSPS) is 10.4. The van der Waals surface area contributed by atoms with Crippen LogP contribution in [0, 0.1) is 0 Å². The van der Waals surface area contributed by atoms with Gasteiger partial charge in [-0.1, -0.05) is 6.92 Å². The number of benzene rings is 1. The van der Waals surface area contributed by atoms with Crippen molar-refractivity contribution >= 4 is 17.6 Å². The van der Waals surface area contributed by atoms with E-state index in [-0.39, 0.29) is 23.7 Å². The van der Waals surface area contributed by atoms with Gasteiger partial charge in [-0.25, -0.2) is 9.59 Å². The van der Waals surface area contributed by atoms with Crippen molar-refractivity contribution in [1.29, 1.82) is 0 Å². The fourth-order valence-electron chi connectivity index (χ4n) is 2.56. The third-order valence-electron chi connectivity index (χ3n) is 3.93. The van der Waals surface area contributed by atoms with E-state index in [9.17, 15) is 19.2 Å². The van der Waals surface area contributed by atoms with Crippen molar-refractivity contribution in [1.82, 2.24) is 9.55 Å². The number of nitrogens with one attached hydrogen (secondary N) is 1. The van der Waals surface area contributed by atoms with Crippen LogP contribution in [0.15, 0.2) is 27.8 Å². The molecule has 0 aliphatic carbocycles. The maximum atomic E-state index is 12.4. The van der Waals surface area contributed by atoms with Crippen molar-refractivity contribution in [2.45, 2.75) is 19.9 Å². The fourth-order valence-corrected chi connectivity index (χ4v) is 2.56. The molecular weight excluding hydrogens is 370 g/mol. The molecule has 0 unspecified atom stereocenters. The smallest absolute Gasteiger partial charge is 0.342 e. The number of carbonyl (C=O) groups excluding carboxylic acids is 2. The molecule has 0 aliphatic heterocycles. The van der Waals surface area contributed by atoms with Crippen molar-refractivity contribution in [2.24, 2.45) is 0 Å². The van der Waals surface area contributed by atoms with Crippen LogP contribution in [0.3, 0.4) is 0 Å². The van der Waals surface area contributed by atoms with Crippen molar-refractivity contribution in [2.75, 3.05) is 26.6 Å². The first-order valence-corrected chi connectivity index (χ1v) is 8.38. The van der Waals surface area contributed by atoms with Crippen molar-refractivity contribution in [3.63, 3.8) is 0 Å². The zero-order valence-corrected chi connectivity index (χ0v) is 15.7. The van der Waals surface area contributed by atoms with Crippen LogP contribution >= 0.6 is 0 Å². The van der Waals surface area contributed by atoms with E-state index in [4.69, 9.17) is 19.9 Å². The molecule has 0 atom stereocenters. The third-order valence-corrected chi connectivity index (χ3v) is 3.93. The molecule has 150 valence electrons. The maximum absolute atomic E-state index is 12.4. The van der Waals surface area contributed by atoms with Crippen LogP contribution in [0.1, 0.15) is 34.1 Å². The Morgan fingerprint density at radius 1 is 1.18 bits per heavy atom. The van der Waals surface area contributed by atoms with Crippen LogP contribution in [-0.4, -0.2) is 42.1 Å². The van der Waals surface area contributed by atoms with Gasteiger partial charge in [0, 0.05) is 6.54 Å². The number of rotatable bonds is 8. The second kappa shape index (κ2) is 8.89. The first-order valence-electron chi connectivity index (χ1n) is 8.38. The number of anilines is 1. The lowest BCUT2D eigenvalue weighted by Crippen LogP contribution is -2.37. The maximum Gasteiger partial charge on any atom is 0.342 e. The third kappa shape index (κ3) is 4.22. The molecule has 1 aromatic carbocycles. The van der Waals surface area contributed by atoms with E-state index in [1.54, 1.807) is 6.07 Å². The summed E-state index contributed by atoms with van der Waals surface area (Å²) in [6, 6.07) is 4.51. The van der Waals surface area contributed by atoms with E-state index in [1.165, 1.54) is 26.4 Å². The van der Waals surface area contributed by atoms with Gasteiger partial charge in [-0.2, -0.15) is 0 Å². The van der Waals surface area contributed by atoms with E-state index in [0.29, 0.717) is 12.2 Å². The van der Waals surface area contributed by atoms with Crippen molar-refractivity contribution in [3.05, 3.63) is 50.2 Å². The molecule has 0 bridgehead atoms. The molecular formula is C18H21N3O7. The number of methoxy groups -OCH3 is 2. The van der Waals surface area contributed by atoms with Gasteiger partial charge in [0.15, 0.2) is 6.61 Å². The predicted molar refractivity (Wildman–Crippen MR) is 100 cm³/mol. The lowest BCUT2D eigenvalue weighted by molar-refractivity contribution is 0.0470. The molecule has 28 heavy (non-hydrogen) atoms. The second-order valence-corrected chi connectivity index (χ2v) is 5.74. The molecule has 0 fully saturated rings. The Kier molecular flexibility index (Phi) is 6.59. The zero-order valence-electron chi connectivity index (χ0n) is 15.7. The summed E-state index contributed by atoms with van der Waals surface area (Å²) in [5, 5.41) is 0. The summed E-state index contributed by atoms with van der Waals surface area (Å²) in [6.45, 7) is 1.29. The van der Waals surface area contributed by atoms with Gasteiger partial charge in [-0.05, 0) is 24.6 Å². The number of esters is 1. The number of carbonyl (C=O) groups is 2. The minimum Gasteiger partial charge on any atom is -0.497 e. The largest absolute Gasteiger partial charge is 0.497 e. The lowest BCUT2D eigenvalue weighted by atomic mass is 10.2. The van der Waals surface area contributed by atoms with Crippen LogP contribution in [-0.2, 0) is 11.3 Å². The number of aromatic amines is 1. The Balaban J connectivity index is 2.26. The topological polar surface area (TPSA) is 143 Å². The average molecular weight is 391 g/mol. The van der Waals surface area contributed by atoms with E-state index in [0.717, 1.165) is 4.57 Å². The average Bonchev–Trinajstić information content (AvgIpc) is 2.68. The predicted octanol–water partition coefficient (Wildman–Crippen LogP) is 0.586. The zero-order chi connectivity index (χ0) is 20.8. The number of H-pyrrole nitrogens is 1. The number of nitrogen functional groups attached to an aromatic ring is 1. The minimum atomic E-state index is -0.935. The van der Waals surface area contributed by atoms with Crippen molar-refractivity contribution < 1.29 is 23.8 Å². The van der Waals surface area contributed by atoms with E-state index in [2.05, 4.69) is 0 Å². The summed E-state index contributed by atoms with van der Waals surface area (Å²) in [4.78, 5) is 50.6. The molecule has 0 aliphatic rings. The van der Waals surface area contributed by atoms with Gasteiger partial charge >= 0.3 is 11.7 Å². The summed E-state index contributed by atoms with van der Waals surface area (Å²) in [7, 11) is 2.81. The Hall–Kier alpha value is -3.56. The first-order chi connectivity index (χ1) is 13.3. The molecule has 2 aromatic rings. The monoisotopic (exact) mass is 391 g/mol. The van der Waals surface area contributed by atoms with Gasteiger partial charge in [0.1, 0.15) is 28.4 Å². The highest BCUT2D eigenvalue weighted by molar-refractivity contribution is 6.02. The van der Waals surface area contributed by atoms with Crippen LogP contribution in [0.2, 0.25) is 0 Å². The summed E-state index contributed by atoms with van der Waals surface area (Å²) in [5.74, 6) is -1.33. The Bertz CT molecular complexity index is 1010. The lowest BCUT2D eigenvalue weighted by Gasteiger charge is -2.12. The Labute approximate surface area is 159 Å². The number of hydrogen-bond donors (Lipinski definition) is 2. The SMILES string of the molecule is CCCn1c(N)c(C(=O)COC(=O)c2cc(OC)ccc2OC)c(=O)[nH]c1=O. The molecule has 0 amide bonds. The van der Waals surface area contributed by atoms with E-state index in [1.807, 2.05) is 11.9 Å². The van der Waals surface area contributed by atoms with Gasteiger partial charge in [-0.3, -0.25) is 19.1 Å². The summed E-state index contributed by atoms with van der Waals surface area (Å²) in [5.41, 5.74) is 3.79. The first kappa shape index (κ1) is 20.7. The molecule has 3 N–H and O–H groups in total. The van der Waals surface area contributed by atoms with Crippen LogP contribution < -0.4 is 26.5 Å². The van der Waals surface area contributed by atoms with Crippen molar-refractivity contribution in [3.8, 4) is 11.5 Å². The highest BCUT2D eigenvalue weighted by atomic mass is 16.5. The molecule has 10 nitrogen and oxygen atoms in total. The minimum absolute atomic E-state index is 0.0486. The second-order valence-electron chi connectivity index (χ2n) is 5.74. The molecule has 0 radical (unpaired) electrons. The summed E-state index contributed by atoms with van der Waals surface area (Å²) >= 11 is 0. The molecule has 1 heterocycles. The Morgan fingerprint density at radius 2 is 1.89 bits per heavy atom. The number of hydrogen-bond acceptors (Lipinski definition) is 8.